The first kappa shape index (κ1) is 12.9. The van der Waals surface area contributed by atoms with E-state index in [1.165, 1.54) is 0 Å². The number of phenolic OH excluding ortho intramolecular Hbond substituents is 1. The van der Waals surface area contributed by atoms with Gasteiger partial charge >= 0.3 is 0 Å². The van der Waals surface area contributed by atoms with Gasteiger partial charge in [-0.15, -0.1) is 0 Å². The summed E-state index contributed by atoms with van der Waals surface area (Å²) in [6.45, 7) is 6.91. The first-order valence-corrected chi connectivity index (χ1v) is 6.62. The van der Waals surface area contributed by atoms with Crippen LogP contribution < -0.4 is 0 Å². The van der Waals surface area contributed by atoms with Crippen LogP contribution in [-0.4, -0.2) is 28.5 Å². The highest BCUT2D eigenvalue weighted by Crippen LogP contribution is 2.29. The number of nitrogens with zero attached hydrogens (tertiary/aromatic N) is 1. The van der Waals surface area contributed by atoms with Crippen molar-refractivity contribution < 1.29 is 9.90 Å². The summed E-state index contributed by atoms with van der Waals surface area (Å²) in [5.74, 6) is 0.549. The lowest BCUT2D eigenvalue weighted by Gasteiger charge is -2.28. The van der Waals surface area contributed by atoms with Crippen molar-refractivity contribution in [1.29, 1.82) is 0 Å². The minimum Gasteiger partial charge on any atom is -0.507 e. The summed E-state index contributed by atoms with van der Waals surface area (Å²) in [5, 5.41) is 10.0. The molecule has 18 heavy (non-hydrogen) atoms. The summed E-state index contributed by atoms with van der Waals surface area (Å²) in [7, 11) is 0. The monoisotopic (exact) mass is 247 g/mol. The number of para-hydroxylation sites is 1. The van der Waals surface area contributed by atoms with Crippen LogP contribution in [0.25, 0.3) is 0 Å². The van der Waals surface area contributed by atoms with Crippen molar-refractivity contribution in [3.63, 3.8) is 0 Å². The molecular weight excluding hydrogens is 226 g/mol. The molecule has 1 heterocycles. The number of carbonyl (C=O) groups excluding carboxylic acids is 1. The van der Waals surface area contributed by atoms with Gasteiger partial charge < -0.3 is 10.0 Å². The lowest BCUT2D eigenvalue weighted by atomic mass is 10.0. The molecule has 0 aromatic heterocycles. The van der Waals surface area contributed by atoms with Gasteiger partial charge in [-0.2, -0.15) is 0 Å². The molecule has 98 valence electrons. The molecule has 1 aromatic rings. The fraction of sp³-hybridized carbons (Fsp3) is 0.533. The summed E-state index contributed by atoms with van der Waals surface area (Å²) in [5.41, 5.74) is 1.18. The van der Waals surface area contributed by atoms with Gasteiger partial charge in [0.1, 0.15) is 5.75 Å². The summed E-state index contributed by atoms with van der Waals surface area (Å²) >= 11 is 0. The zero-order valence-electron chi connectivity index (χ0n) is 11.3. The number of likely N-dealkylation sites (tertiary alicyclic amines) is 1. The van der Waals surface area contributed by atoms with Gasteiger partial charge in [-0.1, -0.05) is 26.0 Å². The Morgan fingerprint density at radius 3 is 2.83 bits per heavy atom. The number of aromatic hydroxyl groups is 1. The molecule has 0 saturated carbocycles. The highest BCUT2D eigenvalue weighted by Gasteiger charge is 2.32. The van der Waals surface area contributed by atoms with Crippen LogP contribution in [-0.2, 0) is 0 Å². The highest BCUT2D eigenvalue weighted by atomic mass is 16.3. The van der Waals surface area contributed by atoms with Crippen LogP contribution in [0, 0.1) is 12.8 Å². The van der Waals surface area contributed by atoms with Crippen molar-refractivity contribution >= 4 is 5.91 Å². The van der Waals surface area contributed by atoms with Crippen LogP contribution in [0.1, 0.15) is 42.6 Å². The quantitative estimate of drug-likeness (QED) is 0.872. The summed E-state index contributed by atoms with van der Waals surface area (Å²) in [6, 6.07) is 5.65. The van der Waals surface area contributed by atoms with E-state index in [-0.39, 0.29) is 11.7 Å². The molecule has 0 bridgehead atoms. The number of hydrogen-bond acceptors (Lipinski definition) is 2. The van der Waals surface area contributed by atoms with Gasteiger partial charge in [0.2, 0.25) is 0 Å². The first-order chi connectivity index (χ1) is 8.52. The van der Waals surface area contributed by atoms with E-state index < -0.39 is 0 Å². The summed E-state index contributed by atoms with van der Waals surface area (Å²) in [6.07, 6.45) is 2.12. The van der Waals surface area contributed by atoms with Gasteiger partial charge in [-0.05, 0) is 37.3 Å². The van der Waals surface area contributed by atoms with Crippen molar-refractivity contribution in [3.8, 4) is 5.75 Å². The van der Waals surface area contributed by atoms with Crippen molar-refractivity contribution in [2.45, 2.75) is 39.7 Å². The molecule has 1 aliphatic rings. The zero-order chi connectivity index (χ0) is 13.3. The second-order valence-corrected chi connectivity index (χ2v) is 5.42. The standard InChI is InChI=1S/C15H21NO2/c1-10(2)13-8-5-9-16(13)15(18)12-7-4-6-11(3)14(12)17/h4,6-7,10,13,17H,5,8-9H2,1-3H3. The van der Waals surface area contributed by atoms with Crippen LogP contribution in [0.5, 0.6) is 5.75 Å². The Bertz CT molecular complexity index is 454. The molecule has 1 N–H and O–H groups in total. The smallest absolute Gasteiger partial charge is 0.257 e. The van der Waals surface area contributed by atoms with Gasteiger partial charge in [0, 0.05) is 12.6 Å². The molecule has 1 saturated heterocycles. The van der Waals surface area contributed by atoms with E-state index in [0.29, 0.717) is 17.5 Å². The Hall–Kier alpha value is -1.51. The summed E-state index contributed by atoms with van der Waals surface area (Å²) < 4.78 is 0. The Morgan fingerprint density at radius 1 is 1.44 bits per heavy atom. The highest BCUT2D eigenvalue weighted by molar-refractivity contribution is 5.97. The molecule has 1 fully saturated rings. The van der Waals surface area contributed by atoms with Crippen molar-refractivity contribution in [2.24, 2.45) is 5.92 Å². The molecule has 1 unspecified atom stereocenters. The Kier molecular flexibility index (Phi) is 3.60. The molecule has 1 aliphatic heterocycles. The molecule has 2 rings (SSSR count). The normalized spacial score (nSPS) is 19.6. The number of benzene rings is 1. The Labute approximate surface area is 108 Å². The fourth-order valence-corrected chi connectivity index (χ4v) is 2.72. The molecule has 0 spiro atoms. The number of hydrogen-bond donors (Lipinski definition) is 1. The van der Waals surface area contributed by atoms with Crippen LogP contribution in [0.2, 0.25) is 0 Å². The Balaban J connectivity index is 2.28. The Morgan fingerprint density at radius 2 is 2.17 bits per heavy atom. The average Bonchev–Trinajstić information content (AvgIpc) is 2.81. The maximum Gasteiger partial charge on any atom is 0.257 e. The van der Waals surface area contributed by atoms with E-state index in [1.54, 1.807) is 6.07 Å². The lowest BCUT2D eigenvalue weighted by molar-refractivity contribution is 0.0698. The minimum absolute atomic E-state index is 0.0348. The van der Waals surface area contributed by atoms with E-state index >= 15 is 0 Å². The average molecular weight is 247 g/mol. The van der Waals surface area contributed by atoms with Crippen molar-refractivity contribution in [3.05, 3.63) is 29.3 Å². The lowest BCUT2D eigenvalue weighted by Crippen LogP contribution is -2.38. The van der Waals surface area contributed by atoms with E-state index in [1.807, 2.05) is 24.0 Å². The fourth-order valence-electron chi connectivity index (χ4n) is 2.72. The van der Waals surface area contributed by atoms with E-state index in [9.17, 15) is 9.90 Å². The van der Waals surface area contributed by atoms with Crippen LogP contribution in [0.15, 0.2) is 18.2 Å². The van der Waals surface area contributed by atoms with Gasteiger partial charge in [0.15, 0.2) is 0 Å². The van der Waals surface area contributed by atoms with Crippen molar-refractivity contribution in [1.82, 2.24) is 4.90 Å². The van der Waals surface area contributed by atoms with Crippen LogP contribution in [0.4, 0.5) is 0 Å². The third-order valence-corrected chi connectivity index (χ3v) is 3.80. The molecule has 0 aliphatic carbocycles. The molecule has 1 atom stereocenters. The number of rotatable bonds is 2. The number of aryl methyl sites for hydroxylation is 1. The minimum atomic E-state index is -0.0348. The number of phenols is 1. The largest absolute Gasteiger partial charge is 0.507 e. The number of carbonyl (C=O) groups is 1. The molecule has 1 amide bonds. The van der Waals surface area contributed by atoms with E-state index in [0.717, 1.165) is 24.9 Å². The maximum absolute atomic E-state index is 12.5. The molecule has 3 nitrogen and oxygen atoms in total. The van der Waals surface area contributed by atoms with Gasteiger partial charge in [-0.3, -0.25) is 4.79 Å². The van der Waals surface area contributed by atoms with Crippen LogP contribution >= 0.6 is 0 Å². The van der Waals surface area contributed by atoms with Gasteiger partial charge in [-0.25, -0.2) is 0 Å². The molecular formula is C15H21NO2. The number of amides is 1. The first-order valence-electron chi connectivity index (χ1n) is 6.62. The van der Waals surface area contributed by atoms with E-state index in [4.69, 9.17) is 0 Å². The predicted molar refractivity (Wildman–Crippen MR) is 71.7 cm³/mol. The predicted octanol–water partition coefficient (Wildman–Crippen LogP) is 2.96. The topological polar surface area (TPSA) is 40.5 Å². The zero-order valence-corrected chi connectivity index (χ0v) is 11.3. The van der Waals surface area contributed by atoms with E-state index in [2.05, 4.69) is 13.8 Å². The van der Waals surface area contributed by atoms with Gasteiger partial charge in [0.05, 0.1) is 5.56 Å². The second kappa shape index (κ2) is 5.01. The third kappa shape index (κ3) is 2.22. The van der Waals surface area contributed by atoms with Gasteiger partial charge in [0.25, 0.3) is 5.91 Å². The maximum atomic E-state index is 12.5. The summed E-state index contributed by atoms with van der Waals surface area (Å²) in [4.78, 5) is 14.4. The third-order valence-electron chi connectivity index (χ3n) is 3.80. The SMILES string of the molecule is Cc1cccc(C(=O)N2CCCC2C(C)C)c1O. The van der Waals surface area contributed by atoms with Crippen LogP contribution in [0.3, 0.4) is 0 Å². The molecule has 0 radical (unpaired) electrons. The molecule has 1 aromatic carbocycles. The second-order valence-electron chi connectivity index (χ2n) is 5.42. The molecule has 3 heteroatoms. The van der Waals surface area contributed by atoms with Crippen molar-refractivity contribution in [2.75, 3.05) is 6.54 Å².